The average Bonchev–Trinajstić information content (AvgIpc) is 3.97. The lowest BCUT2D eigenvalue weighted by Gasteiger charge is -2.26. The number of carbonyl (C=O) groups is 2. The lowest BCUT2D eigenvalue weighted by atomic mass is 10.00. The topological polar surface area (TPSA) is 157 Å². The number of anilines is 1. The van der Waals surface area contributed by atoms with Crippen molar-refractivity contribution in [3.63, 3.8) is 0 Å². The van der Waals surface area contributed by atoms with E-state index < -0.39 is 30.0 Å². The summed E-state index contributed by atoms with van der Waals surface area (Å²) < 4.78 is 57.5. The average molecular weight is 771 g/mol. The molecule has 17 heteroatoms. The second kappa shape index (κ2) is 16.4. The summed E-state index contributed by atoms with van der Waals surface area (Å²) in [5.41, 5.74) is 3.36. The van der Waals surface area contributed by atoms with E-state index in [4.69, 9.17) is 16.9 Å². The summed E-state index contributed by atoms with van der Waals surface area (Å²) in [5.74, 6) is -0.957. The van der Waals surface area contributed by atoms with Crippen molar-refractivity contribution in [1.82, 2.24) is 34.5 Å². The predicted octanol–water partition coefficient (Wildman–Crippen LogP) is 6.89. The highest BCUT2D eigenvalue weighted by molar-refractivity contribution is 6.29. The van der Waals surface area contributed by atoms with Gasteiger partial charge in [0.2, 0.25) is 0 Å². The van der Waals surface area contributed by atoms with E-state index in [1.54, 1.807) is 41.6 Å². The van der Waals surface area contributed by atoms with Crippen LogP contribution in [-0.2, 0) is 0 Å². The van der Waals surface area contributed by atoms with E-state index in [1.165, 1.54) is 59.5 Å². The van der Waals surface area contributed by atoms with Gasteiger partial charge in [0, 0.05) is 42.5 Å². The number of hydrogen-bond donors (Lipinski definition) is 1. The molecule has 2 aliphatic heterocycles. The first kappa shape index (κ1) is 38.5. The minimum atomic E-state index is -1.11. The van der Waals surface area contributed by atoms with Crippen LogP contribution >= 0.6 is 11.6 Å². The molecule has 0 aliphatic carbocycles. The lowest BCUT2D eigenvalue weighted by Crippen LogP contribution is -2.25. The predicted molar refractivity (Wildman–Crippen MR) is 193 cm³/mol. The van der Waals surface area contributed by atoms with Crippen molar-refractivity contribution in [1.29, 1.82) is 10.5 Å². The molecule has 6 heterocycles. The second-order valence-corrected chi connectivity index (χ2v) is 13.3. The zero-order valence-electron chi connectivity index (χ0n) is 29.3. The quantitative estimate of drug-likeness (QED) is 0.111. The summed E-state index contributed by atoms with van der Waals surface area (Å²) in [6, 6.07) is 14.9. The summed E-state index contributed by atoms with van der Waals surface area (Å²) in [6.45, 7) is 3.13. The van der Waals surface area contributed by atoms with Crippen LogP contribution in [0.5, 0.6) is 0 Å². The summed E-state index contributed by atoms with van der Waals surface area (Å²) in [5, 5.41) is 29.1. The highest BCUT2D eigenvalue weighted by Gasteiger charge is 2.35. The fraction of sp³-hybridized carbons (Fsp3) is 0.263. The largest absolute Gasteiger partial charge is 0.346 e. The molecule has 55 heavy (non-hydrogen) atoms. The summed E-state index contributed by atoms with van der Waals surface area (Å²) in [6.07, 6.45) is 4.67. The molecule has 2 fully saturated rings. The van der Waals surface area contributed by atoms with Gasteiger partial charge < -0.3 is 10.2 Å². The van der Waals surface area contributed by atoms with Crippen molar-refractivity contribution >= 4 is 40.3 Å². The van der Waals surface area contributed by atoms with Gasteiger partial charge in [0.15, 0.2) is 22.9 Å². The summed E-state index contributed by atoms with van der Waals surface area (Å²) >= 11 is 5.64. The first-order valence-corrected chi connectivity index (χ1v) is 17.3. The van der Waals surface area contributed by atoms with E-state index in [-0.39, 0.29) is 42.7 Å². The molecule has 0 saturated carbocycles. The third-order valence-electron chi connectivity index (χ3n) is 8.99. The molecule has 12 nitrogen and oxygen atoms in total. The van der Waals surface area contributed by atoms with Crippen LogP contribution in [-0.4, -0.2) is 66.2 Å². The standard InChI is InChI=1S/C19H15F2N5O.C12H13F2NO.C7H3ClN4/c1-11(27)12-4-13(6-15(20)5-12)17-7-16(21)10-25(17)18-2-3-26-19(24-18)14(8-22)9-23-26;1-7(16)8-2-9(4-10(13)3-8)12-5-11(14)6-15-12;8-6-1-2-12-7(11-6)5(3-9)4-10-12/h2-6,9,16-17H,7,10H2,1H3;2-4,11-12,15H,5-6H2,1H3;1-2,4H/t16-,17+;11-,12?;/m00./s1. The number of carbonyl (C=O) groups excluding carboxylic acids is 2. The third-order valence-corrected chi connectivity index (χ3v) is 9.20. The maximum Gasteiger partial charge on any atom is 0.175 e. The third kappa shape index (κ3) is 8.78. The van der Waals surface area contributed by atoms with Crippen LogP contribution in [0.4, 0.5) is 23.4 Å². The minimum Gasteiger partial charge on any atom is -0.346 e. The fourth-order valence-corrected chi connectivity index (χ4v) is 6.49. The van der Waals surface area contributed by atoms with Gasteiger partial charge in [-0.2, -0.15) is 20.7 Å². The van der Waals surface area contributed by atoms with Gasteiger partial charge in [-0.25, -0.2) is 36.6 Å². The van der Waals surface area contributed by atoms with Crippen LogP contribution in [0.3, 0.4) is 0 Å². The summed E-state index contributed by atoms with van der Waals surface area (Å²) in [7, 11) is 0. The number of alkyl halides is 2. The molecule has 280 valence electrons. The molecule has 4 aromatic heterocycles. The van der Waals surface area contributed by atoms with Gasteiger partial charge in [-0.15, -0.1) is 0 Å². The van der Waals surface area contributed by atoms with Crippen molar-refractivity contribution in [3.8, 4) is 12.1 Å². The van der Waals surface area contributed by atoms with E-state index in [9.17, 15) is 32.4 Å². The van der Waals surface area contributed by atoms with Crippen molar-refractivity contribution < 1.29 is 27.2 Å². The Morgan fingerprint density at radius 2 is 1.36 bits per heavy atom. The van der Waals surface area contributed by atoms with Gasteiger partial charge >= 0.3 is 0 Å². The number of ketones is 2. The van der Waals surface area contributed by atoms with Crippen LogP contribution in [0.1, 0.15) is 81.7 Å². The zero-order chi connectivity index (χ0) is 39.4. The number of nitriles is 2. The molecule has 2 saturated heterocycles. The highest BCUT2D eigenvalue weighted by atomic mass is 35.5. The minimum absolute atomic E-state index is 0.0930. The molecule has 2 aliphatic rings. The molecular weight excluding hydrogens is 740 g/mol. The molecule has 1 N–H and O–H groups in total. The van der Waals surface area contributed by atoms with Gasteiger partial charge in [0.05, 0.1) is 25.0 Å². The van der Waals surface area contributed by atoms with E-state index in [0.717, 1.165) is 0 Å². The number of Topliss-reactive ketones (excluding diaryl/α,β-unsaturated/α-hetero) is 2. The number of nitrogens with one attached hydrogen (secondary N) is 1. The van der Waals surface area contributed by atoms with E-state index in [1.807, 2.05) is 12.1 Å². The van der Waals surface area contributed by atoms with Gasteiger partial charge in [0.1, 0.15) is 58.2 Å². The van der Waals surface area contributed by atoms with E-state index in [2.05, 4.69) is 25.5 Å². The molecule has 4 atom stereocenters. The Balaban J connectivity index is 0.000000155. The van der Waals surface area contributed by atoms with Crippen LogP contribution in [0.2, 0.25) is 5.15 Å². The smallest absolute Gasteiger partial charge is 0.175 e. The van der Waals surface area contributed by atoms with Gasteiger partial charge in [-0.1, -0.05) is 11.6 Å². The lowest BCUT2D eigenvalue weighted by molar-refractivity contribution is 0.100. The molecule has 0 spiro atoms. The fourth-order valence-electron chi connectivity index (χ4n) is 6.35. The molecule has 6 aromatic rings. The van der Waals surface area contributed by atoms with Crippen molar-refractivity contribution in [3.05, 3.63) is 123 Å². The molecule has 0 amide bonds. The van der Waals surface area contributed by atoms with Crippen molar-refractivity contribution in [2.45, 2.75) is 51.1 Å². The number of benzene rings is 2. The Kier molecular flexibility index (Phi) is 11.5. The Bertz CT molecular complexity index is 2490. The zero-order valence-corrected chi connectivity index (χ0v) is 30.1. The van der Waals surface area contributed by atoms with E-state index in [0.29, 0.717) is 56.5 Å². The number of hydrogen-bond acceptors (Lipinski definition) is 10. The van der Waals surface area contributed by atoms with Crippen LogP contribution in [0.15, 0.2) is 73.3 Å². The van der Waals surface area contributed by atoms with Crippen LogP contribution in [0, 0.1) is 34.3 Å². The molecule has 2 aromatic carbocycles. The Labute approximate surface area is 316 Å². The molecular formula is C38H31ClF4N10O2. The van der Waals surface area contributed by atoms with Gasteiger partial charge in [0.25, 0.3) is 0 Å². The number of halogens is 5. The van der Waals surface area contributed by atoms with Crippen LogP contribution in [0.25, 0.3) is 11.3 Å². The van der Waals surface area contributed by atoms with Crippen molar-refractivity contribution in [2.24, 2.45) is 0 Å². The van der Waals surface area contributed by atoms with Crippen LogP contribution < -0.4 is 10.2 Å². The van der Waals surface area contributed by atoms with Gasteiger partial charge in [-0.3, -0.25) is 9.59 Å². The maximum atomic E-state index is 14.3. The first-order valence-electron chi connectivity index (χ1n) is 16.9. The Morgan fingerprint density at radius 3 is 1.93 bits per heavy atom. The van der Waals surface area contributed by atoms with E-state index >= 15 is 0 Å². The summed E-state index contributed by atoms with van der Waals surface area (Å²) in [4.78, 5) is 33.0. The molecule has 1 unspecified atom stereocenters. The Morgan fingerprint density at radius 1 is 0.800 bits per heavy atom. The van der Waals surface area contributed by atoms with Gasteiger partial charge in [-0.05, 0) is 79.9 Å². The number of rotatable bonds is 5. The highest BCUT2D eigenvalue weighted by Crippen LogP contribution is 2.37. The monoisotopic (exact) mass is 770 g/mol. The second-order valence-electron chi connectivity index (χ2n) is 12.9. The maximum absolute atomic E-state index is 14.3. The number of nitrogens with zero attached hydrogens (tertiary/aromatic N) is 9. The SMILES string of the molecule is CC(=O)c1cc(F)cc(C2C[C@H](F)CN2)c1.CC(=O)c1cc(F)cc([C@H]2C[C@H](F)CN2c2ccn3ncc(C#N)c3n2)c1.N#Cc1cnn2ccc(Cl)nc12. The Hall–Kier alpha value is -6.23. The molecule has 8 rings (SSSR count). The van der Waals surface area contributed by atoms with Crippen molar-refractivity contribution in [2.75, 3.05) is 18.0 Å². The first-order chi connectivity index (χ1) is 26.3. The number of aromatic nitrogens is 6. The normalized spacial score (nSPS) is 18.9. The number of fused-ring (bicyclic) bond motifs is 2. The molecule has 0 radical (unpaired) electrons. The molecule has 0 bridgehead atoms.